The number of aromatic amines is 2. The van der Waals surface area contributed by atoms with Gasteiger partial charge in [0.1, 0.15) is 0 Å². The van der Waals surface area contributed by atoms with Crippen molar-refractivity contribution >= 4 is 44.5 Å². The van der Waals surface area contributed by atoms with Gasteiger partial charge >= 0.3 is 0 Å². The van der Waals surface area contributed by atoms with Crippen molar-refractivity contribution in [2.24, 2.45) is 0 Å². The monoisotopic (exact) mass is 520 g/mol. The molecule has 0 spiro atoms. The summed E-state index contributed by atoms with van der Waals surface area (Å²) in [4.78, 5) is 34.7. The molecule has 0 unspecified atom stereocenters. The summed E-state index contributed by atoms with van der Waals surface area (Å²) in [6.45, 7) is 12.0. The number of hydrogen-bond donors (Lipinski definition) is 3. The van der Waals surface area contributed by atoms with Crippen molar-refractivity contribution in [2.45, 2.75) is 39.5 Å². The Bertz CT molecular complexity index is 1770. The zero-order valence-electron chi connectivity index (χ0n) is 22.9. The predicted molar refractivity (Wildman–Crippen MR) is 156 cm³/mol. The number of carbonyl (C=O) groups excluding carboxylic acids is 2. The van der Waals surface area contributed by atoms with Crippen LogP contribution in [0.1, 0.15) is 50.1 Å². The van der Waals surface area contributed by atoms with Crippen LogP contribution in [0.2, 0.25) is 0 Å². The fraction of sp³-hybridized carbons (Fsp3) is 0.212. The number of Topliss-reactive ketones (excluding diaryl/α,β-unsaturated/α-hetero) is 2. The lowest BCUT2D eigenvalue weighted by molar-refractivity contribution is -0.117. The number of carbonyl (C=O) groups is 2. The number of aromatic nitrogens is 2. The average molecular weight is 521 g/mol. The molecule has 0 radical (unpaired) electrons. The van der Waals surface area contributed by atoms with Crippen LogP contribution in [0.3, 0.4) is 0 Å². The molecule has 0 bridgehead atoms. The van der Waals surface area contributed by atoms with Crippen molar-refractivity contribution in [3.05, 3.63) is 107 Å². The summed E-state index contributed by atoms with van der Waals surface area (Å²) in [5.41, 5.74) is 4.99. The Hall–Kier alpha value is -4.58. The summed E-state index contributed by atoms with van der Waals surface area (Å²) >= 11 is 0. The standard InChI is InChI=1S/C33H32N2O4/c1-7-33(4,5)32-24(21-12-8-9-14-23(21)35-32)26-29(37)28(36)25(30(38)31(26)39-6)22-17-34-27-19(16-15-18(2)3)11-10-13-20(22)27/h7-15,17,34-36H,1,16H2,2-6H3. The molecule has 0 saturated heterocycles. The van der Waals surface area contributed by atoms with Gasteiger partial charge < -0.3 is 19.8 Å². The van der Waals surface area contributed by atoms with Gasteiger partial charge in [-0.2, -0.15) is 0 Å². The van der Waals surface area contributed by atoms with E-state index in [2.05, 4.69) is 22.6 Å². The van der Waals surface area contributed by atoms with E-state index in [4.69, 9.17) is 4.74 Å². The molecule has 0 aliphatic heterocycles. The van der Waals surface area contributed by atoms with Gasteiger partial charge in [-0.25, -0.2) is 0 Å². The van der Waals surface area contributed by atoms with Crippen LogP contribution in [0.15, 0.2) is 84.5 Å². The highest BCUT2D eigenvalue weighted by atomic mass is 16.5. The van der Waals surface area contributed by atoms with E-state index in [0.29, 0.717) is 23.2 Å². The average Bonchev–Trinajstić information content (AvgIpc) is 3.52. The number of ether oxygens (including phenoxy) is 1. The van der Waals surface area contributed by atoms with Gasteiger partial charge in [-0.15, -0.1) is 6.58 Å². The topological polar surface area (TPSA) is 95.2 Å². The van der Waals surface area contributed by atoms with Crippen LogP contribution in [0.25, 0.3) is 33.0 Å². The van der Waals surface area contributed by atoms with Crippen LogP contribution >= 0.6 is 0 Å². The summed E-state index contributed by atoms with van der Waals surface area (Å²) in [5, 5.41) is 12.9. The minimum Gasteiger partial charge on any atom is -0.504 e. The first-order chi connectivity index (χ1) is 18.6. The quantitative estimate of drug-likeness (QED) is 0.179. The number of H-pyrrole nitrogens is 2. The van der Waals surface area contributed by atoms with Crippen molar-refractivity contribution < 1.29 is 19.4 Å². The summed E-state index contributed by atoms with van der Waals surface area (Å²) in [6.07, 6.45) is 6.29. The van der Waals surface area contributed by atoms with Crippen molar-refractivity contribution in [1.82, 2.24) is 9.97 Å². The van der Waals surface area contributed by atoms with Crippen LogP contribution in [-0.2, 0) is 26.2 Å². The lowest BCUT2D eigenvalue weighted by atomic mass is 9.80. The Kier molecular flexibility index (Phi) is 6.43. The lowest BCUT2D eigenvalue weighted by Crippen LogP contribution is -2.25. The van der Waals surface area contributed by atoms with Gasteiger partial charge in [-0.3, -0.25) is 9.59 Å². The molecule has 1 aliphatic carbocycles. The molecule has 1 aliphatic rings. The molecule has 198 valence electrons. The fourth-order valence-electron chi connectivity index (χ4n) is 5.24. The van der Waals surface area contributed by atoms with E-state index in [-0.39, 0.29) is 16.9 Å². The molecule has 0 atom stereocenters. The smallest absolute Gasteiger partial charge is 0.232 e. The molecular formula is C33H32N2O4. The molecule has 2 aromatic heterocycles. The zero-order valence-corrected chi connectivity index (χ0v) is 22.9. The van der Waals surface area contributed by atoms with E-state index >= 15 is 0 Å². The molecule has 5 rings (SSSR count). The largest absolute Gasteiger partial charge is 0.504 e. The van der Waals surface area contributed by atoms with Gasteiger partial charge in [-0.05, 0) is 31.9 Å². The minimum absolute atomic E-state index is 0.0372. The number of methoxy groups -OCH3 is 1. The maximum atomic E-state index is 14.0. The van der Waals surface area contributed by atoms with Crippen LogP contribution in [-0.4, -0.2) is 33.8 Å². The molecule has 6 nitrogen and oxygen atoms in total. The first-order valence-corrected chi connectivity index (χ1v) is 12.9. The molecule has 2 heterocycles. The summed E-state index contributed by atoms with van der Waals surface area (Å²) in [5.74, 6) is -1.91. The number of fused-ring (bicyclic) bond motifs is 2. The van der Waals surface area contributed by atoms with E-state index in [1.807, 2.05) is 70.2 Å². The Labute approximate surface area is 227 Å². The molecular weight excluding hydrogens is 488 g/mol. The van der Waals surface area contributed by atoms with E-state index in [1.54, 1.807) is 12.3 Å². The first-order valence-electron chi connectivity index (χ1n) is 12.9. The maximum absolute atomic E-state index is 14.0. The lowest BCUT2D eigenvalue weighted by Gasteiger charge is -2.25. The first kappa shape index (κ1) is 26.0. The number of aliphatic hydroxyl groups is 1. The number of ketones is 2. The Morgan fingerprint density at radius 3 is 2.44 bits per heavy atom. The second-order valence-corrected chi connectivity index (χ2v) is 10.7. The number of aliphatic hydroxyl groups excluding tert-OH is 1. The molecule has 3 N–H and O–H groups in total. The SMILES string of the molecule is C=CC(C)(C)c1[nH]c2ccccc2c1C1=C(OC)C(=O)C(c2c[nH]c3c(CC=C(C)C)cccc23)=C(O)C1=O. The van der Waals surface area contributed by atoms with Crippen molar-refractivity contribution in [2.75, 3.05) is 7.11 Å². The van der Waals surface area contributed by atoms with Crippen molar-refractivity contribution in [1.29, 1.82) is 0 Å². The highest BCUT2D eigenvalue weighted by molar-refractivity contribution is 6.48. The van der Waals surface area contributed by atoms with Crippen molar-refractivity contribution in [3.8, 4) is 0 Å². The van der Waals surface area contributed by atoms with Gasteiger partial charge in [-0.1, -0.05) is 68.0 Å². The molecule has 6 heteroatoms. The highest BCUT2D eigenvalue weighted by Gasteiger charge is 2.41. The normalized spacial score (nSPS) is 14.5. The van der Waals surface area contributed by atoms with Crippen LogP contribution in [0.5, 0.6) is 0 Å². The zero-order chi connectivity index (χ0) is 28.1. The van der Waals surface area contributed by atoms with E-state index in [9.17, 15) is 14.7 Å². The van der Waals surface area contributed by atoms with Crippen molar-refractivity contribution in [3.63, 3.8) is 0 Å². The minimum atomic E-state index is -0.664. The summed E-state index contributed by atoms with van der Waals surface area (Å²) in [6, 6.07) is 13.4. The predicted octanol–water partition coefficient (Wildman–Crippen LogP) is 7.10. The molecule has 0 amide bonds. The second-order valence-electron chi connectivity index (χ2n) is 10.7. The fourth-order valence-corrected chi connectivity index (χ4v) is 5.24. The third-order valence-corrected chi connectivity index (χ3v) is 7.46. The second kappa shape index (κ2) is 9.62. The van der Waals surface area contributed by atoms with E-state index < -0.39 is 22.7 Å². The number of para-hydroxylation sites is 2. The molecule has 0 fully saturated rings. The number of hydrogen-bond acceptors (Lipinski definition) is 4. The number of rotatable bonds is 7. The number of allylic oxidation sites excluding steroid dienone is 5. The molecule has 0 saturated carbocycles. The molecule has 4 aromatic rings. The molecule has 2 aromatic carbocycles. The van der Waals surface area contributed by atoms with Gasteiger partial charge in [0, 0.05) is 50.2 Å². The third kappa shape index (κ3) is 4.13. The van der Waals surface area contributed by atoms with Crippen LogP contribution < -0.4 is 0 Å². The van der Waals surface area contributed by atoms with Gasteiger partial charge in [0.2, 0.25) is 11.6 Å². The van der Waals surface area contributed by atoms with E-state index in [0.717, 1.165) is 27.4 Å². The summed E-state index contributed by atoms with van der Waals surface area (Å²) < 4.78 is 5.64. The van der Waals surface area contributed by atoms with Gasteiger partial charge in [0.05, 0.1) is 18.3 Å². The Morgan fingerprint density at radius 2 is 1.74 bits per heavy atom. The van der Waals surface area contributed by atoms with Gasteiger partial charge in [0.15, 0.2) is 11.5 Å². The highest BCUT2D eigenvalue weighted by Crippen LogP contribution is 2.43. The Balaban J connectivity index is 1.73. The van der Waals surface area contributed by atoms with Crippen LogP contribution in [0, 0.1) is 0 Å². The number of nitrogens with one attached hydrogen (secondary N) is 2. The Morgan fingerprint density at radius 1 is 1.03 bits per heavy atom. The van der Waals surface area contributed by atoms with Crippen LogP contribution in [0.4, 0.5) is 0 Å². The molecule has 39 heavy (non-hydrogen) atoms. The third-order valence-electron chi connectivity index (χ3n) is 7.46. The van der Waals surface area contributed by atoms with E-state index in [1.165, 1.54) is 12.7 Å². The maximum Gasteiger partial charge on any atom is 0.232 e. The number of benzene rings is 2. The van der Waals surface area contributed by atoms with Gasteiger partial charge in [0.25, 0.3) is 0 Å². The summed E-state index contributed by atoms with van der Waals surface area (Å²) in [7, 11) is 1.38.